The highest BCUT2D eigenvalue weighted by Gasteiger charge is 2.26. The molecule has 0 aromatic carbocycles. The summed E-state index contributed by atoms with van der Waals surface area (Å²) in [6.45, 7) is 8.23. The molecule has 4 nitrogen and oxygen atoms in total. The number of nitrogens with zero attached hydrogens (tertiary/aromatic N) is 2. The first-order valence-corrected chi connectivity index (χ1v) is 7.53. The highest BCUT2D eigenvalue weighted by Crippen LogP contribution is 2.27. The summed E-state index contributed by atoms with van der Waals surface area (Å²) in [5.74, 6) is 0.962. The molecule has 0 aliphatic carbocycles. The van der Waals surface area contributed by atoms with Crippen molar-refractivity contribution in [2.45, 2.75) is 58.7 Å². The van der Waals surface area contributed by atoms with Crippen LogP contribution in [0.4, 0.5) is 0 Å². The van der Waals surface area contributed by atoms with Gasteiger partial charge in [-0.2, -0.15) is 0 Å². The second kappa shape index (κ2) is 6.55. The Balaban J connectivity index is 2.20. The van der Waals surface area contributed by atoms with E-state index in [-0.39, 0.29) is 6.04 Å². The van der Waals surface area contributed by atoms with Crippen molar-refractivity contribution in [2.24, 2.45) is 5.73 Å². The fraction of sp³-hybridized carbons (Fsp3) is 0.688. The van der Waals surface area contributed by atoms with Crippen LogP contribution in [0.15, 0.2) is 6.20 Å². The average molecular weight is 277 g/mol. The van der Waals surface area contributed by atoms with E-state index < -0.39 is 0 Å². The molecule has 0 radical (unpaired) electrons. The molecule has 1 fully saturated rings. The Morgan fingerprint density at radius 2 is 2.20 bits per heavy atom. The van der Waals surface area contributed by atoms with Crippen molar-refractivity contribution in [3.05, 3.63) is 23.0 Å². The standard InChI is InChI=1S/C16H27N3O/c1-11-9-18-14(12(2)16(11)20-4)10-19-8-6-5-7-15(19)13(3)17/h9,13,15H,5-8,10,17H2,1-4H3. The Hall–Kier alpha value is -1.13. The molecule has 20 heavy (non-hydrogen) atoms. The topological polar surface area (TPSA) is 51.4 Å². The van der Waals surface area contributed by atoms with Crippen LogP contribution in [-0.2, 0) is 6.54 Å². The van der Waals surface area contributed by atoms with E-state index in [1.54, 1.807) is 7.11 Å². The fourth-order valence-corrected chi connectivity index (χ4v) is 3.23. The molecule has 1 aliphatic heterocycles. The van der Waals surface area contributed by atoms with Crippen LogP contribution in [0.1, 0.15) is 43.0 Å². The molecule has 1 aromatic rings. The number of hydrogen-bond donors (Lipinski definition) is 1. The lowest BCUT2D eigenvalue weighted by atomic mass is 9.96. The molecule has 0 saturated carbocycles. The minimum Gasteiger partial charge on any atom is -0.496 e. The lowest BCUT2D eigenvalue weighted by Gasteiger charge is -2.38. The predicted molar refractivity (Wildman–Crippen MR) is 82.0 cm³/mol. The van der Waals surface area contributed by atoms with E-state index in [9.17, 15) is 0 Å². The largest absolute Gasteiger partial charge is 0.496 e. The molecule has 1 aromatic heterocycles. The van der Waals surface area contributed by atoms with Crippen LogP contribution in [0.5, 0.6) is 5.75 Å². The third-order valence-corrected chi connectivity index (χ3v) is 4.37. The van der Waals surface area contributed by atoms with E-state index in [0.717, 1.165) is 35.7 Å². The van der Waals surface area contributed by atoms with Gasteiger partial charge in [0.25, 0.3) is 0 Å². The van der Waals surface area contributed by atoms with Gasteiger partial charge in [-0.1, -0.05) is 6.42 Å². The number of nitrogens with two attached hydrogens (primary N) is 1. The number of ether oxygens (including phenoxy) is 1. The second-order valence-corrected chi connectivity index (χ2v) is 5.94. The van der Waals surface area contributed by atoms with E-state index in [1.807, 2.05) is 13.1 Å². The number of piperidine rings is 1. The van der Waals surface area contributed by atoms with E-state index in [0.29, 0.717) is 6.04 Å². The smallest absolute Gasteiger partial charge is 0.128 e. The maximum atomic E-state index is 6.14. The van der Waals surface area contributed by atoms with Gasteiger partial charge in [-0.25, -0.2) is 0 Å². The van der Waals surface area contributed by atoms with Gasteiger partial charge in [0.2, 0.25) is 0 Å². The molecule has 2 rings (SSSR count). The molecular formula is C16H27N3O. The summed E-state index contributed by atoms with van der Waals surface area (Å²) in [7, 11) is 1.73. The van der Waals surface area contributed by atoms with Gasteiger partial charge in [-0.05, 0) is 40.2 Å². The Bertz CT molecular complexity index is 459. The van der Waals surface area contributed by atoms with Crippen molar-refractivity contribution in [1.82, 2.24) is 9.88 Å². The molecule has 2 N–H and O–H groups in total. The Morgan fingerprint density at radius 3 is 2.85 bits per heavy atom. The molecule has 0 amide bonds. The van der Waals surface area contributed by atoms with E-state index in [1.165, 1.54) is 19.3 Å². The number of pyridine rings is 1. The fourth-order valence-electron chi connectivity index (χ4n) is 3.23. The third kappa shape index (κ3) is 3.13. The molecule has 0 bridgehead atoms. The van der Waals surface area contributed by atoms with Gasteiger partial charge >= 0.3 is 0 Å². The number of aryl methyl sites for hydroxylation is 1. The highest BCUT2D eigenvalue weighted by atomic mass is 16.5. The average Bonchev–Trinajstić information content (AvgIpc) is 2.43. The van der Waals surface area contributed by atoms with Gasteiger partial charge in [-0.3, -0.25) is 9.88 Å². The normalized spacial score (nSPS) is 21.8. The summed E-state index contributed by atoms with van der Waals surface area (Å²) >= 11 is 0. The van der Waals surface area contributed by atoms with Gasteiger partial charge in [0.15, 0.2) is 0 Å². The maximum absolute atomic E-state index is 6.14. The lowest BCUT2D eigenvalue weighted by Crippen LogP contribution is -2.48. The molecule has 0 spiro atoms. The zero-order valence-corrected chi connectivity index (χ0v) is 13.1. The van der Waals surface area contributed by atoms with Crippen molar-refractivity contribution in [2.75, 3.05) is 13.7 Å². The number of methoxy groups -OCH3 is 1. The zero-order chi connectivity index (χ0) is 14.7. The van der Waals surface area contributed by atoms with Crippen LogP contribution < -0.4 is 10.5 Å². The minimum atomic E-state index is 0.211. The minimum absolute atomic E-state index is 0.211. The Labute approximate surface area is 122 Å². The monoisotopic (exact) mass is 277 g/mol. The number of likely N-dealkylation sites (tertiary alicyclic amines) is 1. The number of hydrogen-bond acceptors (Lipinski definition) is 4. The molecule has 1 saturated heterocycles. The quantitative estimate of drug-likeness (QED) is 0.918. The van der Waals surface area contributed by atoms with Gasteiger partial charge in [-0.15, -0.1) is 0 Å². The molecule has 1 aliphatic rings. The van der Waals surface area contributed by atoms with Crippen molar-refractivity contribution in [3.8, 4) is 5.75 Å². The first kappa shape index (κ1) is 15.3. The maximum Gasteiger partial charge on any atom is 0.128 e. The molecular weight excluding hydrogens is 250 g/mol. The van der Waals surface area contributed by atoms with E-state index in [2.05, 4.69) is 23.7 Å². The molecule has 4 heteroatoms. The van der Waals surface area contributed by atoms with Gasteiger partial charge in [0, 0.05) is 36.0 Å². The SMILES string of the molecule is COc1c(C)cnc(CN2CCCCC2C(C)N)c1C. The first-order valence-electron chi connectivity index (χ1n) is 7.53. The van der Waals surface area contributed by atoms with Crippen molar-refractivity contribution in [3.63, 3.8) is 0 Å². The van der Waals surface area contributed by atoms with Crippen molar-refractivity contribution >= 4 is 0 Å². The Morgan fingerprint density at radius 1 is 1.45 bits per heavy atom. The van der Waals surface area contributed by atoms with Crippen LogP contribution >= 0.6 is 0 Å². The summed E-state index contributed by atoms with van der Waals surface area (Å²) in [5, 5.41) is 0. The van der Waals surface area contributed by atoms with Crippen LogP contribution in [0, 0.1) is 13.8 Å². The lowest BCUT2D eigenvalue weighted by molar-refractivity contribution is 0.121. The Kier molecular flexibility index (Phi) is 5.00. The summed E-state index contributed by atoms with van der Waals surface area (Å²) in [4.78, 5) is 7.10. The van der Waals surface area contributed by atoms with Crippen LogP contribution in [0.25, 0.3) is 0 Å². The van der Waals surface area contributed by atoms with E-state index in [4.69, 9.17) is 10.5 Å². The summed E-state index contributed by atoms with van der Waals surface area (Å²) in [6, 6.07) is 0.681. The van der Waals surface area contributed by atoms with Crippen LogP contribution in [0.2, 0.25) is 0 Å². The number of aromatic nitrogens is 1. The van der Waals surface area contributed by atoms with Gasteiger partial charge in [0.1, 0.15) is 5.75 Å². The zero-order valence-electron chi connectivity index (χ0n) is 13.1. The summed E-state index contributed by atoms with van der Waals surface area (Å²) < 4.78 is 5.50. The van der Waals surface area contributed by atoms with E-state index >= 15 is 0 Å². The second-order valence-electron chi connectivity index (χ2n) is 5.94. The first-order chi connectivity index (χ1) is 9.54. The highest BCUT2D eigenvalue weighted by molar-refractivity contribution is 5.41. The molecule has 2 unspecified atom stereocenters. The predicted octanol–water partition coefficient (Wildman–Crippen LogP) is 2.41. The van der Waals surface area contributed by atoms with Crippen LogP contribution in [0.3, 0.4) is 0 Å². The molecule has 2 atom stereocenters. The van der Waals surface area contributed by atoms with Crippen molar-refractivity contribution in [1.29, 1.82) is 0 Å². The number of rotatable bonds is 4. The summed E-state index contributed by atoms with van der Waals surface area (Å²) in [5.41, 5.74) is 9.50. The molecule has 2 heterocycles. The van der Waals surface area contributed by atoms with Crippen molar-refractivity contribution < 1.29 is 4.74 Å². The van der Waals surface area contributed by atoms with Gasteiger partial charge < -0.3 is 10.5 Å². The summed E-state index contributed by atoms with van der Waals surface area (Å²) in [6.07, 6.45) is 5.64. The third-order valence-electron chi connectivity index (χ3n) is 4.37. The van der Waals surface area contributed by atoms with Gasteiger partial charge in [0.05, 0.1) is 12.8 Å². The van der Waals surface area contributed by atoms with Crippen LogP contribution in [-0.4, -0.2) is 35.6 Å². The molecule has 112 valence electrons.